The highest BCUT2D eigenvalue weighted by molar-refractivity contribution is 5.56. The molecule has 14 heavy (non-hydrogen) atoms. The molecule has 2 nitrogen and oxygen atoms in total. The van der Waals surface area contributed by atoms with Gasteiger partial charge in [0.2, 0.25) is 0 Å². The van der Waals surface area contributed by atoms with Crippen LogP contribution in [0.25, 0.3) is 0 Å². The molecule has 0 bridgehead atoms. The van der Waals surface area contributed by atoms with Gasteiger partial charge in [0.15, 0.2) is 0 Å². The summed E-state index contributed by atoms with van der Waals surface area (Å²) < 4.78 is 59.1. The van der Waals surface area contributed by atoms with Crippen LogP contribution in [0.4, 0.5) is 33.5 Å². The average Bonchev–Trinajstić information content (AvgIpc) is 2.01. The first kappa shape index (κ1) is 10.6. The summed E-state index contributed by atoms with van der Waals surface area (Å²) in [5.41, 5.74) is -1.05. The number of hydrogen-bond acceptors (Lipinski definition) is 2. The molecule has 1 aromatic carbocycles. The molecule has 0 radical (unpaired) electrons. The van der Waals surface area contributed by atoms with Crippen LogP contribution in [0, 0.1) is 0 Å². The van der Waals surface area contributed by atoms with E-state index < -0.39 is 23.0 Å². The Bertz CT molecular complexity index is 309. The fourth-order valence-electron chi connectivity index (χ4n) is 0.852. The van der Waals surface area contributed by atoms with Gasteiger partial charge in [-0.2, -0.15) is 13.2 Å². The second-order valence-electron chi connectivity index (χ2n) is 2.41. The van der Waals surface area contributed by atoms with Gasteiger partial charge in [0.1, 0.15) is 5.69 Å². The first-order valence-corrected chi connectivity index (χ1v) is 3.45. The van der Waals surface area contributed by atoms with Gasteiger partial charge in [-0.1, -0.05) is 15.0 Å². The maximum Gasteiger partial charge on any atom is 0.482 e. The highest BCUT2D eigenvalue weighted by atomic mass is 19.4. The number of halogens is 5. The van der Waals surface area contributed by atoms with Gasteiger partial charge in [-0.05, 0) is 23.5 Å². The number of nitrogens with one attached hydrogen (secondary N) is 1. The third-order valence-electron chi connectivity index (χ3n) is 1.33. The predicted molar refractivity (Wildman–Crippen MR) is 40.8 cm³/mol. The number of nitrogens with zero attached hydrogens (tertiary/aromatic N) is 1. The fourth-order valence-corrected chi connectivity index (χ4v) is 0.852. The van der Waals surface area contributed by atoms with Crippen LogP contribution in [0.3, 0.4) is 0 Å². The molecule has 0 aliphatic rings. The van der Waals surface area contributed by atoms with Crippen LogP contribution in [0.15, 0.2) is 24.3 Å². The zero-order chi connectivity index (χ0) is 10.8. The summed E-state index contributed by atoms with van der Waals surface area (Å²) in [6, 6.07) is 3.81. The quantitative estimate of drug-likeness (QED) is 0.460. The summed E-state index contributed by atoms with van der Waals surface area (Å²) in [6.45, 7) is 0. The summed E-state index contributed by atoms with van der Waals surface area (Å²) in [4.78, 5) is 0. The Kier molecular flexibility index (Phi) is 2.78. The van der Waals surface area contributed by atoms with Crippen molar-refractivity contribution in [2.75, 3.05) is 10.7 Å². The van der Waals surface area contributed by atoms with Gasteiger partial charge in [0, 0.05) is 5.69 Å². The SMILES string of the molecule is FN(F)c1cccc(NC(F)(F)F)c1. The Hall–Kier alpha value is -1.53. The van der Waals surface area contributed by atoms with Gasteiger partial charge < -0.3 is 0 Å². The van der Waals surface area contributed by atoms with Gasteiger partial charge >= 0.3 is 6.30 Å². The molecule has 0 saturated carbocycles. The maximum absolute atomic E-state index is 11.9. The molecule has 0 aliphatic heterocycles. The number of alkyl halides is 3. The molecular formula is C7H5F5N2. The van der Waals surface area contributed by atoms with Crippen molar-refractivity contribution in [3.05, 3.63) is 24.3 Å². The van der Waals surface area contributed by atoms with Crippen LogP contribution < -0.4 is 10.7 Å². The summed E-state index contributed by atoms with van der Waals surface area (Å²) in [5, 5.41) is -0.146. The molecule has 0 aromatic heterocycles. The van der Waals surface area contributed by atoms with Gasteiger partial charge in [0.25, 0.3) is 0 Å². The zero-order valence-corrected chi connectivity index (χ0v) is 6.65. The largest absolute Gasteiger partial charge is 0.482 e. The van der Waals surface area contributed by atoms with Gasteiger partial charge in [-0.15, -0.1) is 0 Å². The van der Waals surface area contributed by atoms with Crippen LogP contribution in [0.1, 0.15) is 0 Å². The molecule has 0 spiro atoms. The lowest BCUT2D eigenvalue weighted by atomic mass is 10.3. The minimum Gasteiger partial charge on any atom is -0.297 e. The van der Waals surface area contributed by atoms with E-state index in [1.54, 1.807) is 0 Å². The van der Waals surface area contributed by atoms with E-state index in [2.05, 4.69) is 0 Å². The Morgan fingerprint density at radius 3 is 2.29 bits per heavy atom. The normalized spacial score (nSPS) is 11.2. The van der Waals surface area contributed by atoms with Gasteiger partial charge in [0.05, 0.1) is 0 Å². The molecule has 0 saturated heterocycles. The van der Waals surface area contributed by atoms with E-state index in [1.807, 2.05) is 0 Å². The maximum atomic E-state index is 11.9. The second kappa shape index (κ2) is 3.69. The van der Waals surface area contributed by atoms with Crippen molar-refractivity contribution in [1.82, 2.24) is 0 Å². The van der Waals surface area contributed by atoms with Crippen molar-refractivity contribution in [3.8, 4) is 0 Å². The first-order valence-electron chi connectivity index (χ1n) is 3.45. The molecule has 0 heterocycles. The molecule has 1 rings (SSSR count). The van der Waals surface area contributed by atoms with E-state index >= 15 is 0 Å². The predicted octanol–water partition coefficient (Wildman–Crippen LogP) is 3.19. The summed E-state index contributed by atoms with van der Waals surface area (Å²) in [7, 11) is 0. The summed E-state index contributed by atoms with van der Waals surface area (Å²) in [5.74, 6) is 0. The lowest BCUT2D eigenvalue weighted by Gasteiger charge is -2.10. The molecule has 0 fully saturated rings. The minimum atomic E-state index is -4.63. The number of hydrogen-bond donors (Lipinski definition) is 1. The van der Waals surface area contributed by atoms with Crippen molar-refractivity contribution in [2.45, 2.75) is 6.30 Å². The summed E-state index contributed by atoms with van der Waals surface area (Å²) in [6.07, 6.45) is -4.63. The summed E-state index contributed by atoms with van der Waals surface area (Å²) >= 11 is 0. The molecule has 78 valence electrons. The Morgan fingerprint density at radius 1 is 1.14 bits per heavy atom. The van der Waals surface area contributed by atoms with Crippen LogP contribution in [-0.4, -0.2) is 6.30 Å². The molecular weight excluding hydrogens is 207 g/mol. The van der Waals surface area contributed by atoms with E-state index in [0.29, 0.717) is 6.07 Å². The highest BCUT2D eigenvalue weighted by Gasteiger charge is 2.27. The topological polar surface area (TPSA) is 15.3 Å². The standard InChI is InChI=1S/C7H5F5N2/c8-7(9,10)13-5-2-1-3-6(4-5)14(11)12/h1-4,13H. The van der Waals surface area contributed by atoms with Gasteiger partial charge in [-0.25, -0.2) is 0 Å². The molecule has 1 N–H and O–H groups in total. The van der Waals surface area contributed by atoms with Crippen LogP contribution in [0.5, 0.6) is 0 Å². The molecule has 0 amide bonds. The third kappa shape index (κ3) is 3.08. The van der Waals surface area contributed by atoms with Crippen molar-refractivity contribution in [3.63, 3.8) is 0 Å². The van der Waals surface area contributed by atoms with Crippen LogP contribution in [-0.2, 0) is 0 Å². The second-order valence-corrected chi connectivity index (χ2v) is 2.41. The monoisotopic (exact) mass is 212 g/mol. The van der Waals surface area contributed by atoms with Crippen molar-refractivity contribution in [1.29, 1.82) is 0 Å². The van der Waals surface area contributed by atoms with Crippen molar-refractivity contribution in [2.24, 2.45) is 0 Å². The third-order valence-corrected chi connectivity index (χ3v) is 1.33. The molecule has 1 aromatic rings. The number of anilines is 2. The first-order chi connectivity index (χ1) is 6.38. The van der Waals surface area contributed by atoms with E-state index in [0.717, 1.165) is 23.5 Å². The van der Waals surface area contributed by atoms with E-state index in [4.69, 9.17) is 0 Å². The molecule has 0 unspecified atom stereocenters. The smallest absolute Gasteiger partial charge is 0.297 e. The van der Waals surface area contributed by atoms with E-state index in [9.17, 15) is 22.1 Å². The van der Waals surface area contributed by atoms with E-state index in [-0.39, 0.29) is 0 Å². The zero-order valence-electron chi connectivity index (χ0n) is 6.65. The molecule has 0 aliphatic carbocycles. The van der Waals surface area contributed by atoms with Crippen LogP contribution >= 0.6 is 0 Å². The Morgan fingerprint density at radius 2 is 1.79 bits per heavy atom. The molecule has 7 heteroatoms. The lowest BCUT2D eigenvalue weighted by Crippen LogP contribution is -2.20. The minimum absolute atomic E-state index is 0.435. The van der Waals surface area contributed by atoms with E-state index in [1.165, 1.54) is 0 Å². The average molecular weight is 212 g/mol. The number of benzene rings is 1. The van der Waals surface area contributed by atoms with Crippen LogP contribution in [0.2, 0.25) is 0 Å². The fraction of sp³-hybridized carbons (Fsp3) is 0.143. The van der Waals surface area contributed by atoms with Crippen molar-refractivity contribution >= 4 is 11.4 Å². The lowest BCUT2D eigenvalue weighted by molar-refractivity contribution is -0.0999. The van der Waals surface area contributed by atoms with Gasteiger partial charge in [-0.3, -0.25) is 5.32 Å². The van der Waals surface area contributed by atoms with Crippen molar-refractivity contribution < 1.29 is 22.1 Å². The Labute approximate surface area is 75.8 Å². The number of rotatable bonds is 2. The Balaban J connectivity index is 2.84. The molecule has 0 atom stereocenters. The highest BCUT2D eigenvalue weighted by Crippen LogP contribution is 2.24.